The molecule has 0 aromatic heterocycles. The molecule has 12 heteroatoms. The summed E-state index contributed by atoms with van der Waals surface area (Å²) in [6.07, 6.45) is 0. The number of hydrogen-bond acceptors (Lipinski definition) is 7. The number of benzene rings is 1. The molecule has 28 heavy (non-hydrogen) atoms. The van der Waals surface area contributed by atoms with Crippen molar-refractivity contribution < 1.29 is 31.1 Å². The smallest absolute Gasteiger partial charge is 0.251 e. The Labute approximate surface area is 165 Å². The second-order valence-corrected chi connectivity index (χ2v) is 9.85. The number of nitrogens with one attached hydrogen (secondary N) is 2. The zero-order chi connectivity index (χ0) is 20.6. The molecule has 0 aliphatic carbocycles. The number of methoxy groups -OCH3 is 1. The van der Waals surface area contributed by atoms with Crippen LogP contribution in [0.4, 0.5) is 0 Å². The Hall–Kier alpha value is -1.57. The third kappa shape index (κ3) is 6.50. The number of rotatable bonds is 10. The topological polar surface area (TPSA) is 131 Å². The highest BCUT2D eigenvalue weighted by atomic mass is 32.2. The first kappa shape index (κ1) is 22.7. The van der Waals surface area contributed by atoms with Gasteiger partial charge in [-0.25, -0.2) is 21.6 Å². The van der Waals surface area contributed by atoms with Crippen molar-refractivity contribution in [1.29, 1.82) is 0 Å². The molecular formula is C16H25N3O7S2. The monoisotopic (exact) mass is 435 g/mol. The Balaban J connectivity index is 1.87. The summed E-state index contributed by atoms with van der Waals surface area (Å²) >= 11 is 0. The summed E-state index contributed by atoms with van der Waals surface area (Å²) in [6, 6.07) is 5.37. The van der Waals surface area contributed by atoms with E-state index < -0.39 is 26.0 Å². The summed E-state index contributed by atoms with van der Waals surface area (Å²) in [5, 5.41) is 2.54. The number of sulfonamides is 2. The molecule has 1 aromatic rings. The normalized spacial score (nSPS) is 16.0. The zero-order valence-corrected chi connectivity index (χ0v) is 17.2. The van der Waals surface area contributed by atoms with Crippen LogP contribution in [0.5, 0.6) is 0 Å². The third-order valence-electron chi connectivity index (χ3n) is 4.03. The van der Waals surface area contributed by atoms with E-state index in [2.05, 4.69) is 10.0 Å². The van der Waals surface area contributed by atoms with Crippen LogP contribution in [0.2, 0.25) is 0 Å². The van der Waals surface area contributed by atoms with E-state index in [-0.39, 0.29) is 35.9 Å². The zero-order valence-electron chi connectivity index (χ0n) is 15.6. The Kier molecular flexibility index (Phi) is 8.34. The van der Waals surface area contributed by atoms with Crippen LogP contribution >= 0.6 is 0 Å². The molecule has 1 heterocycles. The van der Waals surface area contributed by atoms with E-state index in [0.717, 1.165) is 0 Å². The lowest BCUT2D eigenvalue weighted by molar-refractivity contribution is 0.0730. The van der Waals surface area contributed by atoms with E-state index in [0.29, 0.717) is 26.3 Å². The van der Waals surface area contributed by atoms with Gasteiger partial charge in [0.25, 0.3) is 5.91 Å². The maximum Gasteiger partial charge on any atom is 0.251 e. The predicted octanol–water partition coefficient (Wildman–Crippen LogP) is -0.997. The standard InChI is InChI=1S/C16H25N3O7S2/c1-25-10-6-18-28(23,24)15-4-2-14(3-5-15)16(20)17-7-13-27(21,22)19-8-11-26-12-9-19/h2-5,18H,6-13H2,1H3,(H,17,20). The van der Waals surface area contributed by atoms with Gasteiger partial charge in [-0.3, -0.25) is 4.79 Å². The van der Waals surface area contributed by atoms with Gasteiger partial charge in [0.15, 0.2) is 0 Å². The number of hydrogen-bond donors (Lipinski definition) is 2. The summed E-state index contributed by atoms with van der Waals surface area (Å²) in [5.74, 6) is -0.692. The molecule has 1 amide bonds. The minimum Gasteiger partial charge on any atom is -0.383 e. The molecule has 1 fully saturated rings. The number of morpholine rings is 1. The summed E-state index contributed by atoms with van der Waals surface area (Å²) in [5.41, 5.74) is 0.236. The van der Waals surface area contributed by atoms with Crippen LogP contribution < -0.4 is 10.0 Å². The van der Waals surface area contributed by atoms with Crippen molar-refractivity contribution in [1.82, 2.24) is 14.3 Å². The van der Waals surface area contributed by atoms with Gasteiger partial charge in [0.2, 0.25) is 20.0 Å². The van der Waals surface area contributed by atoms with Crippen LogP contribution in [0, 0.1) is 0 Å². The highest BCUT2D eigenvalue weighted by molar-refractivity contribution is 7.89. The van der Waals surface area contributed by atoms with E-state index >= 15 is 0 Å². The molecule has 0 radical (unpaired) electrons. The average molecular weight is 436 g/mol. The second-order valence-electron chi connectivity index (χ2n) is 6.00. The lowest BCUT2D eigenvalue weighted by atomic mass is 10.2. The number of carbonyl (C=O) groups is 1. The summed E-state index contributed by atoms with van der Waals surface area (Å²) < 4.78 is 62.2. The van der Waals surface area contributed by atoms with Crippen molar-refractivity contribution in [3.8, 4) is 0 Å². The van der Waals surface area contributed by atoms with Crippen LogP contribution in [0.1, 0.15) is 10.4 Å². The Bertz CT molecular complexity index is 849. The van der Waals surface area contributed by atoms with Gasteiger partial charge in [0, 0.05) is 38.9 Å². The van der Waals surface area contributed by atoms with Gasteiger partial charge in [0.05, 0.1) is 30.5 Å². The van der Waals surface area contributed by atoms with Gasteiger partial charge in [-0.05, 0) is 24.3 Å². The molecular weight excluding hydrogens is 410 g/mol. The second kappa shape index (κ2) is 10.3. The molecule has 1 aliphatic rings. The van der Waals surface area contributed by atoms with E-state index in [1.54, 1.807) is 0 Å². The first-order valence-corrected chi connectivity index (χ1v) is 11.8. The lowest BCUT2D eigenvalue weighted by Gasteiger charge is -2.26. The number of nitrogens with zero attached hydrogens (tertiary/aromatic N) is 1. The van der Waals surface area contributed by atoms with E-state index in [4.69, 9.17) is 9.47 Å². The van der Waals surface area contributed by atoms with Gasteiger partial charge in [-0.15, -0.1) is 0 Å². The van der Waals surface area contributed by atoms with Crippen molar-refractivity contribution in [2.24, 2.45) is 0 Å². The molecule has 0 unspecified atom stereocenters. The van der Waals surface area contributed by atoms with E-state index in [1.807, 2.05) is 0 Å². The number of carbonyl (C=O) groups excluding carboxylic acids is 1. The molecule has 1 aromatic carbocycles. The quantitative estimate of drug-likeness (QED) is 0.451. The molecule has 0 saturated carbocycles. The minimum atomic E-state index is -3.68. The maximum atomic E-state index is 12.2. The number of ether oxygens (including phenoxy) is 2. The summed E-state index contributed by atoms with van der Waals surface area (Å²) in [4.78, 5) is 12.2. The van der Waals surface area contributed by atoms with Crippen LogP contribution in [0.15, 0.2) is 29.2 Å². The molecule has 10 nitrogen and oxygen atoms in total. The molecule has 0 spiro atoms. The predicted molar refractivity (Wildman–Crippen MR) is 102 cm³/mol. The molecule has 0 bridgehead atoms. The Morgan fingerprint density at radius 2 is 1.75 bits per heavy atom. The summed E-state index contributed by atoms with van der Waals surface area (Å²) in [6.45, 7) is 1.68. The largest absolute Gasteiger partial charge is 0.383 e. The van der Waals surface area contributed by atoms with Gasteiger partial charge in [0.1, 0.15) is 0 Å². The van der Waals surface area contributed by atoms with Gasteiger partial charge >= 0.3 is 0 Å². The van der Waals surface area contributed by atoms with Crippen LogP contribution in [-0.2, 0) is 29.5 Å². The first-order chi connectivity index (χ1) is 13.3. The molecule has 2 rings (SSSR count). The fourth-order valence-electron chi connectivity index (χ4n) is 2.50. The van der Waals surface area contributed by atoms with Crippen molar-refractivity contribution in [3.05, 3.63) is 29.8 Å². The van der Waals surface area contributed by atoms with Gasteiger partial charge in [-0.2, -0.15) is 4.31 Å². The highest BCUT2D eigenvalue weighted by Gasteiger charge is 2.24. The Morgan fingerprint density at radius 3 is 2.36 bits per heavy atom. The highest BCUT2D eigenvalue weighted by Crippen LogP contribution is 2.11. The van der Waals surface area contributed by atoms with Crippen molar-refractivity contribution in [2.45, 2.75) is 4.90 Å². The van der Waals surface area contributed by atoms with Gasteiger partial charge < -0.3 is 14.8 Å². The fourth-order valence-corrected chi connectivity index (χ4v) is 4.83. The number of amides is 1. The molecule has 158 valence electrons. The Morgan fingerprint density at radius 1 is 1.11 bits per heavy atom. The molecule has 1 aliphatic heterocycles. The van der Waals surface area contributed by atoms with E-state index in [9.17, 15) is 21.6 Å². The van der Waals surface area contributed by atoms with Crippen LogP contribution in [0.25, 0.3) is 0 Å². The first-order valence-electron chi connectivity index (χ1n) is 8.69. The van der Waals surface area contributed by atoms with Gasteiger partial charge in [-0.1, -0.05) is 0 Å². The van der Waals surface area contributed by atoms with Crippen LogP contribution in [0.3, 0.4) is 0 Å². The minimum absolute atomic E-state index is 0.0232. The summed E-state index contributed by atoms with van der Waals surface area (Å²) in [7, 11) is -5.67. The van der Waals surface area contributed by atoms with Crippen molar-refractivity contribution >= 4 is 26.0 Å². The van der Waals surface area contributed by atoms with E-state index in [1.165, 1.54) is 35.7 Å². The van der Waals surface area contributed by atoms with Crippen molar-refractivity contribution in [3.63, 3.8) is 0 Å². The lowest BCUT2D eigenvalue weighted by Crippen LogP contribution is -2.43. The SMILES string of the molecule is COCCNS(=O)(=O)c1ccc(C(=O)NCCS(=O)(=O)N2CCOCC2)cc1. The average Bonchev–Trinajstić information content (AvgIpc) is 2.68. The fraction of sp³-hybridized carbons (Fsp3) is 0.562. The maximum absolute atomic E-state index is 12.2. The van der Waals surface area contributed by atoms with Crippen molar-refractivity contribution in [2.75, 3.05) is 58.9 Å². The molecule has 1 saturated heterocycles. The molecule has 0 atom stereocenters. The van der Waals surface area contributed by atoms with Crippen LogP contribution in [-0.4, -0.2) is 85.9 Å². The molecule has 2 N–H and O–H groups in total. The third-order valence-corrected chi connectivity index (χ3v) is 7.38.